The second-order valence-electron chi connectivity index (χ2n) is 5.77. The molecule has 0 saturated carbocycles. The maximum absolute atomic E-state index is 14.0. The first-order chi connectivity index (χ1) is 12.0. The molecule has 1 aromatic carbocycles. The summed E-state index contributed by atoms with van der Waals surface area (Å²) in [7, 11) is 1.81. The Hall–Kier alpha value is -3.20. The van der Waals surface area contributed by atoms with Crippen LogP contribution in [0.2, 0.25) is 0 Å². The van der Waals surface area contributed by atoms with E-state index >= 15 is 0 Å². The number of hydrazine groups is 2. The summed E-state index contributed by atoms with van der Waals surface area (Å²) in [6, 6.07) is 3.37. The maximum atomic E-state index is 14.0. The minimum absolute atomic E-state index is 0.103. The number of hydrogen-bond acceptors (Lipinski definition) is 6. The highest BCUT2D eigenvalue weighted by Crippen LogP contribution is 2.34. The third-order valence-corrected chi connectivity index (χ3v) is 3.94. The summed E-state index contributed by atoms with van der Waals surface area (Å²) in [6.45, 7) is 0.103. The van der Waals surface area contributed by atoms with Crippen molar-refractivity contribution in [3.05, 3.63) is 70.9 Å². The lowest BCUT2D eigenvalue weighted by Gasteiger charge is -2.24. The Morgan fingerprint density at radius 3 is 2.88 bits per heavy atom. The first kappa shape index (κ1) is 15.3. The summed E-state index contributed by atoms with van der Waals surface area (Å²) in [4.78, 5) is 4.35. The fourth-order valence-corrected chi connectivity index (χ4v) is 2.78. The van der Waals surface area contributed by atoms with E-state index in [9.17, 15) is 8.78 Å². The quantitative estimate of drug-likeness (QED) is 0.825. The average molecular weight is 343 g/mol. The van der Waals surface area contributed by atoms with E-state index in [1.165, 1.54) is 17.4 Å². The van der Waals surface area contributed by atoms with Crippen molar-refractivity contribution in [3.63, 3.8) is 0 Å². The maximum Gasteiger partial charge on any atom is 0.128 e. The largest absolute Gasteiger partial charge is 0.295 e. The number of hydrogen-bond donors (Lipinski definition) is 2. The molecule has 0 unspecified atom stereocenters. The Balaban J connectivity index is 1.70. The lowest BCUT2D eigenvalue weighted by atomic mass is 10.2. The van der Waals surface area contributed by atoms with Crippen LogP contribution in [0.15, 0.2) is 53.2 Å². The smallest absolute Gasteiger partial charge is 0.128 e. The minimum Gasteiger partial charge on any atom is -0.295 e. The highest BCUT2D eigenvalue weighted by molar-refractivity contribution is 5.77. The molecule has 2 aromatic rings. The van der Waals surface area contributed by atoms with Crippen LogP contribution in [-0.4, -0.2) is 26.1 Å². The zero-order chi connectivity index (χ0) is 17.6. The molecule has 2 aliphatic heterocycles. The zero-order valence-electron chi connectivity index (χ0n) is 13.3. The van der Waals surface area contributed by atoms with E-state index in [4.69, 9.17) is 5.84 Å². The van der Waals surface area contributed by atoms with Crippen molar-refractivity contribution < 1.29 is 8.78 Å². The fraction of sp³-hybridized carbons (Fsp3) is 0.125. The predicted octanol–water partition coefficient (Wildman–Crippen LogP) is 1.45. The van der Waals surface area contributed by atoms with Crippen molar-refractivity contribution in [1.82, 2.24) is 25.2 Å². The Kier molecular flexibility index (Phi) is 3.50. The van der Waals surface area contributed by atoms with Gasteiger partial charge in [-0.2, -0.15) is 5.10 Å². The Morgan fingerprint density at radius 1 is 1.28 bits per heavy atom. The number of nitrogens with one attached hydrogen (secondary N) is 1. The molecule has 4 rings (SSSR count). The number of nitrogens with two attached hydrogens (primary N) is 1. The Bertz CT molecular complexity index is 928. The molecule has 3 N–H and O–H groups in total. The van der Waals surface area contributed by atoms with Crippen LogP contribution in [-0.2, 0) is 13.6 Å². The summed E-state index contributed by atoms with van der Waals surface area (Å²) in [6.07, 6.45) is 6.67. The first-order valence-electron chi connectivity index (χ1n) is 7.52. The molecule has 0 bridgehead atoms. The van der Waals surface area contributed by atoms with Gasteiger partial charge < -0.3 is 0 Å². The second-order valence-corrected chi connectivity index (χ2v) is 5.77. The van der Waals surface area contributed by atoms with Crippen molar-refractivity contribution >= 4 is 12.0 Å². The van der Waals surface area contributed by atoms with E-state index in [2.05, 4.69) is 15.5 Å². The van der Waals surface area contributed by atoms with Crippen molar-refractivity contribution in [2.24, 2.45) is 17.9 Å². The van der Waals surface area contributed by atoms with Gasteiger partial charge >= 0.3 is 0 Å². The van der Waals surface area contributed by atoms with Crippen LogP contribution < -0.4 is 11.3 Å². The molecular formula is C16H15F2N7. The van der Waals surface area contributed by atoms with E-state index < -0.39 is 11.6 Å². The van der Waals surface area contributed by atoms with E-state index in [0.717, 1.165) is 23.4 Å². The SMILES string of the molecule is Cn1cc(C2=C3N=CN(N)C=C3N(Cc3cc(F)ccc3F)N2)cn1. The molecule has 2 aliphatic rings. The molecule has 1 aromatic heterocycles. The average Bonchev–Trinajstić information content (AvgIpc) is 3.15. The molecule has 3 heterocycles. The van der Waals surface area contributed by atoms with Gasteiger partial charge in [0, 0.05) is 30.6 Å². The first-order valence-corrected chi connectivity index (χ1v) is 7.52. The van der Waals surface area contributed by atoms with E-state index in [1.807, 2.05) is 13.2 Å². The van der Waals surface area contributed by atoms with Gasteiger partial charge in [-0.25, -0.2) is 19.6 Å². The molecule has 0 fully saturated rings. The Morgan fingerprint density at radius 2 is 2.12 bits per heavy atom. The van der Waals surface area contributed by atoms with Gasteiger partial charge in [-0.3, -0.25) is 20.1 Å². The highest BCUT2D eigenvalue weighted by Gasteiger charge is 2.30. The zero-order valence-corrected chi connectivity index (χ0v) is 13.3. The van der Waals surface area contributed by atoms with Crippen molar-refractivity contribution in [2.75, 3.05) is 0 Å². The monoisotopic (exact) mass is 343 g/mol. The van der Waals surface area contributed by atoms with Crippen LogP contribution in [0.5, 0.6) is 0 Å². The van der Waals surface area contributed by atoms with E-state index in [0.29, 0.717) is 11.4 Å². The molecule has 7 nitrogen and oxygen atoms in total. The van der Waals surface area contributed by atoms with Gasteiger partial charge in [0.2, 0.25) is 0 Å². The van der Waals surface area contributed by atoms with Crippen molar-refractivity contribution in [1.29, 1.82) is 0 Å². The molecule has 9 heteroatoms. The van der Waals surface area contributed by atoms with Gasteiger partial charge in [0.25, 0.3) is 0 Å². The molecule has 0 saturated heterocycles. The number of halogens is 2. The number of nitrogens with zero attached hydrogens (tertiary/aromatic N) is 5. The standard InChI is InChI=1S/C16H15F2N7/c1-23-6-11(5-21-23)15-16-14(8-24(19)9-20-16)25(22-15)7-10-4-12(17)2-3-13(10)18/h2-6,8-9,22H,7,19H2,1H3. The fourth-order valence-electron chi connectivity index (χ4n) is 2.78. The normalized spacial score (nSPS) is 16.2. The molecule has 25 heavy (non-hydrogen) atoms. The lowest BCUT2D eigenvalue weighted by molar-refractivity contribution is 0.297. The van der Waals surface area contributed by atoms with Crippen LogP contribution in [0.25, 0.3) is 5.70 Å². The van der Waals surface area contributed by atoms with Gasteiger partial charge in [-0.1, -0.05) is 0 Å². The van der Waals surface area contributed by atoms with Crippen molar-refractivity contribution in [3.8, 4) is 0 Å². The predicted molar refractivity (Wildman–Crippen MR) is 87.8 cm³/mol. The number of aryl methyl sites for hydroxylation is 1. The topological polar surface area (TPSA) is 74.7 Å². The van der Waals surface area contributed by atoms with Gasteiger partial charge in [0.15, 0.2) is 0 Å². The third-order valence-electron chi connectivity index (χ3n) is 3.94. The summed E-state index contributed by atoms with van der Waals surface area (Å²) in [5, 5.41) is 7.14. The number of aromatic nitrogens is 2. The van der Waals surface area contributed by atoms with Crippen LogP contribution in [0.3, 0.4) is 0 Å². The third kappa shape index (κ3) is 2.74. The molecule has 0 atom stereocenters. The molecular weight excluding hydrogens is 328 g/mol. The second kappa shape index (κ2) is 5.71. The van der Waals surface area contributed by atoms with Crippen molar-refractivity contribution in [2.45, 2.75) is 6.54 Å². The summed E-state index contributed by atoms with van der Waals surface area (Å²) >= 11 is 0. The van der Waals surface area contributed by atoms with E-state index in [-0.39, 0.29) is 12.1 Å². The van der Waals surface area contributed by atoms with Gasteiger partial charge in [0.1, 0.15) is 29.4 Å². The van der Waals surface area contributed by atoms with Crippen LogP contribution in [0.4, 0.5) is 8.78 Å². The number of aliphatic imine (C=N–C) groups is 1. The molecule has 0 spiro atoms. The number of fused-ring (bicyclic) bond motifs is 1. The number of rotatable bonds is 3. The van der Waals surface area contributed by atoms with Crippen LogP contribution >= 0.6 is 0 Å². The highest BCUT2D eigenvalue weighted by atomic mass is 19.1. The van der Waals surface area contributed by atoms with E-state index in [1.54, 1.807) is 22.1 Å². The summed E-state index contributed by atoms with van der Waals surface area (Å²) in [5.74, 6) is 4.79. The summed E-state index contributed by atoms with van der Waals surface area (Å²) < 4.78 is 29.2. The number of benzene rings is 1. The van der Waals surface area contributed by atoms with Crippen LogP contribution in [0, 0.1) is 11.6 Å². The molecule has 0 radical (unpaired) electrons. The van der Waals surface area contributed by atoms with Crippen LogP contribution in [0.1, 0.15) is 11.1 Å². The molecule has 0 aliphatic carbocycles. The minimum atomic E-state index is -0.493. The lowest BCUT2D eigenvalue weighted by Crippen LogP contribution is -2.33. The molecule has 0 amide bonds. The molecule has 128 valence electrons. The van der Waals surface area contributed by atoms with Gasteiger partial charge in [-0.05, 0) is 18.2 Å². The Labute approximate surface area is 142 Å². The summed E-state index contributed by atoms with van der Waals surface area (Å²) in [5.41, 5.74) is 6.27. The van der Waals surface area contributed by atoms with Gasteiger partial charge in [-0.15, -0.1) is 0 Å². The van der Waals surface area contributed by atoms with Gasteiger partial charge in [0.05, 0.1) is 18.4 Å².